The predicted octanol–water partition coefficient (Wildman–Crippen LogP) is 1.43. The van der Waals surface area contributed by atoms with Gasteiger partial charge in [-0.2, -0.15) is 0 Å². The molecule has 23 heavy (non-hydrogen) atoms. The maximum Gasteiger partial charge on any atom is 0.134 e. The van der Waals surface area contributed by atoms with Gasteiger partial charge in [-0.3, -0.25) is 4.90 Å². The topological polar surface area (TPSA) is 62.2 Å². The molecule has 1 atom stereocenters. The minimum atomic E-state index is -1.05. The quantitative estimate of drug-likeness (QED) is 0.859. The van der Waals surface area contributed by atoms with Gasteiger partial charge in [-0.05, 0) is 25.0 Å². The van der Waals surface area contributed by atoms with E-state index >= 15 is 0 Å². The van der Waals surface area contributed by atoms with Crippen molar-refractivity contribution in [3.8, 4) is 5.75 Å². The van der Waals surface area contributed by atoms with Crippen molar-refractivity contribution in [1.29, 1.82) is 0 Å². The highest BCUT2D eigenvalue weighted by atomic mass is 16.5. The van der Waals surface area contributed by atoms with Gasteiger partial charge < -0.3 is 19.7 Å². The zero-order valence-corrected chi connectivity index (χ0v) is 13.6. The van der Waals surface area contributed by atoms with E-state index in [0.717, 1.165) is 38.0 Å². The van der Waals surface area contributed by atoms with Crippen LogP contribution in [-0.2, 0) is 4.74 Å². The van der Waals surface area contributed by atoms with Crippen LogP contribution in [0.3, 0.4) is 0 Å². The summed E-state index contributed by atoms with van der Waals surface area (Å²) in [5.41, 5.74) is -1.66. The van der Waals surface area contributed by atoms with Crippen molar-refractivity contribution in [1.82, 2.24) is 4.90 Å². The average Bonchev–Trinajstić information content (AvgIpc) is 2.88. The molecule has 2 fully saturated rings. The third-order valence-electron chi connectivity index (χ3n) is 4.74. The lowest BCUT2D eigenvalue weighted by Gasteiger charge is -2.34. The van der Waals surface area contributed by atoms with E-state index in [4.69, 9.17) is 9.47 Å². The van der Waals surface area contributed by atoms with E-state index in [2.05, 4.69) is 4.90 Å². The molecule has 0 aromatic heterocycles. The molecule has 3 rings (SSSR count). The van der Waals surface area contributed by atoms with Crippen molar-refractivity contribution >= 4 is 0 Å². The fraction of sp³-hybridized carbons (Fsp3) is 0.667. The number of benzene rings is 1. The summed E-state index contributed by atoms with van der Waals surface area (Å²) in [4.78, 5) is 2.12. The van der Waals surface area contributed by atoms with E-state index in [1.807, 2.05) is 30.3 Å². The average molecular weight is 321 g/mol. The molecule has 5 nitrogen and oxygen atoms in total. The molecule has 1 aromatic carbocycles. The van der Waals surface area contributed by atoms with Crippen LogP contribution >= 0.6 is 0 Å². The first-order chi connectivity index (χ1) is 11.1. The number of β-amino-alcohol motifs (C(OH)–C–C–N with tert-alkyl or cyclic N) is 2. The molecule has 1 unspecified atom stereocenters. The van der Waals surface area contributed by atoms with Gasteiger partial charge in [-0.25, -0.2) is 0 Å². The van der Waals surface area contributed by atoms with E-state index in [-0.39, 0.29) is 13.2 Å². The van der Waals surface area contributed by atoms with Crippen LogP contribution in [-0.4, -0.2) is 65.8 Å². The van der Waals surface area contributed by atoms with Gasteiger partial charge >= 0.3 is 0 Å². The van der Waals surface area contributed by atoms with Crippen LogP contribution in [0, 0.1) is 0 Å². The summed E-state index contributed by atoms with van der Waals surface area (Å²) in [5, 5.41) is 21.5. The Morgan fingerprint density at radius 3 is 2.57 bits per heavy atom. The predicted molar refractivity (Wildman–Crippen MR) is 87.6 cm³/mol. The Morgan fingerprint density at radius 2 is 1.83 bits per heavy atom. The van der Waals surface area contributed by atoms with Gasteiger partial charge in [0.1, 0.15) is 18.0 Å². The molecular weight excluding hydrogens is 294 g/mol. The summed E-state index contributed by atoms with van der Waals surface area (Å²) in [6.07, 6.45) is 3.87. The number of nitrogens with zero attached hydrogens (tertiary/aromatic N) is 1. The third kappa shape index (κ3) is 4.67. The maximum atomic E-state index is 10.9. The third-order valence-corrected chi connectivity index (χ3v) is 4.74. The molecule has 128 valence electrons. The first kappa shape index (κ1) is 16.7. The molecule has 0 spiro atoms. The summed E-state index contributed by atoms with van der Waals surface area (Å²) in [6, 6.07) is 9.50. The molecule has 0 amide bonds. The molecular formula is C18H27NO4. The largest absolute Gasteiger partial charge is 0.490 e. The van der Waals surface area contributed by atoms with Gasteiger partial charge in [-0.15, -0.1) is 0 Å². The number of aliphatic hydroxyl groups is 2. The van der Waals surface area contributed by atoms with Crippen LogP contribution < -0.4 is 4.74 Å². The second-order valence-electron chi connectivity index (χ2n) is 7.02. The van der Waals surface area contributed by atoms with Gasteiger partial charge in [0.15, 0.2) is 0 Å². The molecule has 1 saturated heterocycles. The van der Waals surface area contributed by atoms with Crippen molar-refractivity contribution in [2.24, 2.45) is 0 Å². The van der Waals surface area contributed by atoms with Crippen molar-refractivity contribution < 1.29 is 19.7 Å². The van der Waals surface area contributed by atoms with Crippen molar-refractivity contribution in [2.45, 2.75) is 36.9 Å². The van der Waals surface area contributed by atoms with Crippen LogP contribution in [0.4, 0.5) is 0 Å². The standard InChI is InChI=1S/C18H27NO4/c20-17(8-4-5-9-17)12-19-10-11-22-14-18(21,13-19)15-23-16-6-2-1-3-7-16/h1-3,6-7,20-21H,4-5,8-15H2. The Hall–Kier alpha value is -1.14. The summed E-state index contributed by atoms with van der Waals surface area (Å²) in [7, 11) is 0. The minimum Gasteiger partial charge on any atom is -0.490 e. The molecule has 2 aliphatic rings. The molecule has 1 heterocycles. The van der Waals surface area contributed by atoms with E-state index in [1.165, 1.54) is 0 Å². The van der Waals surface area contributed by atoms with Gasteiger partial charge in [0.05, 0.1) is 18.8 Å². The molecule has 5 heteroatoms. The lowest BCUT2D eigenvalue weighted by Crippen LogP contribution is -2.52. The number of rotatable bonds is 5. The Bertz CT molecular complexity index is 489. The lowest BCUT2D eigenvalue weighted by atomic mass is 10.00. The minimum absolute atomic E-state index is 0.186. The Labute approximate surface area is 137 Å². The van der Waals surface area contributed by atoms with E-state index in [1.54, 1.807) is 0 Å². The number of ether oxygens (including phenoxy) is 2. The number of hydrogen-bond donors (Lipinski definition) is 2. The molecule has 1 aromatic rings. The van der Waals surface area contributed by atoms with Gasteiger partial charge in [0.2, 0.25) is 0 Å². The normalized spacial score (nSPS) is 28.4. The van der Waals surface area contributed by atoms with Gasteiger partial charge in [0, 0.05) is 19.6 Å². The van der Waals surface area contributed by atoms with E-state index in [9.17, 15) is 10.2 Å². The SMILES string of the molecule is OC1(CN2CCOCC(O)(COc3ccccc3)C2)CCCC1. The monoisotopic (exact) mass is 321 g/mol. The fourth-order valence-electron chi connectivity index (χ4n) is 3.56. The second kappa shape index (κ2) is 7.18. The number of para-hydroxylation sites is 1. The summed E-state index contributed by atoms with van der Waals surface area (Å²) in [6.45, 7) is 2.81. The molecule has 1 aliphatic heterocycles. The summed E-state index contributed by atoms with van der Waals surface area (Å²) < 4.78 is 11.3. The smallest absolute Gasteiger partial charge is 0.134 e. The van der Waals surface area contributed by atoms with Crippen molar-refractivity contribution in [3.05, 3.63) is 30.3 Å². The summed E-state index contributed by atoms with van der Waals surface area (Å²) in [5.74, 6) is 0.742. The van der Waals surface area contributed by atoms with Crippen molar-refractivity contribution in [3.63, 3.8) is 0 Å². The lowest BCUT2D eigenvalue weighted by molar-refractivity contribution is -0.0712. The maximum absolute atomic E-state index is 10.9. The zero-order valence-electron chi connectivity index (χ0n) is 13.6. The van der Waals surface area contributed by atoms with Crippen molar-refractivity contribution in [2.75, 3.05) is 39.5 Å². The highest BCUT2D eigenvalue weighted by Crippen LogP contribution is 2.31. The molecule has 0 bridgehead atoms. The second-order valence-corrected chi connectivity index (χ2v) is 7.02. The Balaban J connectivity index is 1.59. The van der Waals surface area contributed by atoms with Crippen LogP contribution in [0.25, 0.3) is 0 Å². The number of hydrogen-bond acceptors (Lipinski definition) is 5. The fourth-order valence-corrected chi connectivity index (χ4v) is 3.56. The van der Waals surface area contributed by atoms with Gasteiger partial charge in [0.25, 0.3) is 0 Å². The van der Waals surface area contributed by atoms with Crippen LogP contribution in [0.1, 0.15) is 25.7 Å². The molecule has 2 N–H and O–H groups in total. The van der Waals surface area contributed by atoms with E-state index in [0.29, 0.717) is 19.7 Å². The Kier molecular flexibility index (Phi) is 5.21. The Morgan fingerprint density at radius 1 is 1.09 bits per heavy atom. The highest BCUT2D eigenvalue weighted by molar-refractivity contribution is 5.21. The summed E-state index contributed by atoms with van der Waals surface area (Å²) >= 11 is 0. The van der Waals surface area contributed by atoms with Gasteiger partial charge in [-0.1, -0.05) is 31.0 Å². The van der Waals surface area contributed by atoms with Crippen LogP contribution in [0.2, 0.25) is 0 Å². The molecule has 1 aliphatic carbocycles. The van der Waals surface area contributed by atoms with Crippen LogP contribution in [0.15, 0.2) is 30.3 Å². The zero-order chi connectivity index (χ0) is 16.2. The first-order valence-electron chi connectivity index (χ1n) is 8.50. The highest BCUT2D eigenvalue weighted by Gasteiger charge is 2.38. The molecule has 0 radical (unpaired) electrons. The molecule has 1 saturated carbocycles. The first-order valence-corrected chi connectivity index (χ1v) is 8.50. The van der Waals surface area contributed by atoms with E-state index < -0.39 is 11.2 Å². The van der Waals surface area contributed by atoms with Crippen LogP contribution in [0.5, 0.6) is 5.75 Å².